The number of halogens is 3. The zero-order valence-corrected chi connectivity index (χ0v) is 9.28. The minimum atomic E-state index is -4.55. The molecule has 1 heterocycles. The average Bonchev–Trinajstić information content (AvgIpc) is 2.25. The first-order valence-electron chi connectivity index (χ1n) is 5.09. The highest BCUT2D eigenvalue weighted by molar-refractivity contribution is 5.85. The number of hydrogen-bond acceptors (Lipinski definition) is 3. The number of alkyl halides is 3. The molecule has 0 bridgehead atoms. The van der Waals surface area contributed by atoms with Crippen LogP contribution in [0, 0.1) is 0 Å². The maximum absolute atomic E-state index is 12.5. The Balaban J connectivity index is 2.68. The number of fused-ring (bicyclic) bond motifs is 1. The molecule has 1 aromatic heterocycles. The number of carboxylic acid groups (broad SMARTS) is 1. The summed E-state index contributed by atoms with van der Waals surface area (Å²) in [4.78, 5) is 27.5. The second-order valence-electron chi connectivity index (χ2n) is 3.82. The second-order valence-corrected chi connectivity index (χ2v) is 3.82. The Bertz CT molecular complexity index is 706. The smallest absolute Gasteiger partial charge is 0.416 e. The van der Waals surface area contributed by atoms with E-state index in [-0.39, 0.29) is 16.6 Å². The fourth-order valence-electron chi connectivity index (χ4n) is 1.68. The van der Waals surface area contributed by atoms with Gasteiger partial charge in [-0.05, 0) is 12.1 Å². The molecule has 5 nitrogen and oxygen atoms in total. The first kappa shape index (κ1) is 13.1. The number of hydrogen-bond donors (Lipinski definition) is 2. The van der Waals surface area contributed by atoms with Crippen LogP contribution in [-0.4, -0.2) is 21.0 Å². The van der Waals surface area contributed by atoms with E-state index in [0.717, 1.165) is 18.2 Å². The average molecular weight is 272 g/mol. The summed E-state index contributed by atoms with van der Waals surface area (Å²) in [6, 6.07) is 2.63. The van der Waals surface area contributed by atoms with Gasteiger partial charge in [0.25, 0.3) is 0 Å². The predicted octanol–water partition coefficient (Wildman–Crippen LogP) is 1.57. The topological polar surface area (TPSA) is 83.0 Å². The molecular formula is C11H7F3N2O3. The van der Waals surface area contributed by atoms with Crippen LogP contribution in [0.4, 0.5) is 13.2 Å². The van der Waals surface area contributed by atoms with Gasteiger partial charge in [0.05, 0.1) is 17.5 Å². The number of carbonyl (C=O) groups is 1. The van der Waals surface area contributed by atoms with E-state index < -0.39 is 29.8 Å². The zero-order valence-electron chi connectivity index (χ0n) is 9.28. The predicted molar refractivity (Wildman–Crippen MR) is 58.7 cm³/mol. The summed E-state index contributed by atoms with van der Waals surface area (Å²) >= 11 is 0. The van der Waals surface area contributed by atoms with Crippen LogP contribution in [0.3, 0.4) is 0 Å². The second kappa shape index (κ2) is 4.38. The summed E-state index contributed by atoms with van der Waals surface area (Å²) in [5.74, 6) is -1.21. The molecule has 0 radical (unpaired) electrons. The van der Waals surface area contributed by atoms with E-state index in [0.29, 0.717) is 0 Å². The molecule has 0 fully saturated rings. The Morgan fingerprint density at radius 3 is 2.63 bits per heavy atom. The largest absolute Gasteiger partial charge is 0.481 e. The fourth-order valence-corrected chi connectivity index (χ4v) is 1.68. The maximum Gasteiger partial charge on any atom is 0.416 e. The molecule has 0 atom stereocenters. The Morgan fingerprint density at radius 2 is 2.05 bits per heavy atom. The molecule has 0 spiro atoms. The molecular weight excluding hydrogens is 265 g/mol. The fraction of sp³-hybridized carbons (Fsp3) is 0.182. The van der Waals surface area contributed by atoms with E-state index in [1.165, 1.54) is 0 Å². The molecule has 2 aromatic rings. The Labute approximate surface area is 103 Å². The molecule has 8 heteroatoms. The van der Waals surface area contributed by atoms with Crippen molar-refractivity contribution < 1.29 is 23.1 Å². The van der Waals surface area contributed by atoms with E-state index in [2.05, 4.69) is 9.97 Å². The molecule has 100 valence electrons. The number of benzene rings is 1. The zero-order chi connectivity index (χ0) is 14.2. The van der Waals surface area contributed by atoms with Crippen LogP contribution < -0.4 is 5.69 Å². The van der Waals surface area contributed by atoms with Gasteiger partial charge in [0, 0.05) is 11.1 Å². The van der Waals surface area contributed by atoms with Crippen LogP contribution in [0.1, 0.15) is 11.3 Å². The van der Waals surface area contributed by atoms with E-state index in [1.54, 1.807) is 0 Å². The lowest BCUT2D eigenvalue weighted by molar-refractivity contribution is -0.138. The van der Waals surface area contributed by atoms with E-state index in [1.807, 2.05) is 0 Å². The van der Waals surface area contributed by atoms with E-state index in [4.69, 9.17) is 5.11 Å². The Hall–Kier alpha value is -2.38. The number of H-pyrrole nitrogens is 1. The summed E-state index contributed by atoms with van der Waals surface area (Å²) in [7, 11) is 0. The minimum absolute atomic E-state index is 0.0243. The third-order valence-electron chi connectivity index (χ3n) is 2.46. The Morgan fingerprint density at radius 1 is 1.37 bits per heavy atom. The van der Waals surface area contributed by atoms with Crippen molar-refractivity contribution in [1.82, 2.24) is 9.97 Å². The first-order valence-corrected chi connectivity index (χ1v) is 5.09. The third kappa shape index (κ3) is 2.72. The van der Waals surface area contributed by atoms with Gasteiger partial charge in [-0.3, -0.25) is 4.79 Å². The molecule has 2 rings (SSSR count). The van der Waals surface area contributed by atoms with Crippen molar-refractivity contribution in [3.63, 3.8) is 0 Å². The van der Waals surface area contributed by atoms with Crippen molar-refractivity contribution in [2.75, 3.05) is 0 Å². The molecule has 0 unspecified atom stereocenters. The molecule has 0 aliphatic heterocycles. The van der Waals surface area contributed by atoms with Crippen molar-refractivity contribution >= 4 is 16.9 Å². The molecule has 0 aliphatic carbocycles. The quantitative estimate of drug-likeness (QED) is 0.869. The van der Waals surface area contributed by atoms with Gasteiger partial charge in [-0.15, -0.1) is 0 Å². The number of nitrogens with zero attached hydrogens (tertiary/aromatic N) is 1. The van der Waals surface area contributed by atoms with Gasteiger partial charge in [0.2, 0.25) is 0 Å². The van der Waals surface area contributed by atoms with Crippen molar-refractivity contribution in [3.05, 3.63) is 39.9 Å². The van der Waals surface area contributed by atoms with E-state index in [9.17, 15) is 22.8 Å². The molecule has 0 saturated carbocycles. The van der Waals surface area contributed by atoms with Crippen LogP contribution in [0.25, 0.3) is 10.9 Å². The molecule has 0 aliphatic rings. The van der Waals surface area contributed by atoms with Gasteiger partial charge >= 0.3 is 17.8 Å². The lowest BCUT2D eigenvalue weighted by atomic mass is 10.1. The van der Waals surface area contributed by atoms with Gasteiger partial charge < -0.3 is 10.1 Å². The third-order valence-corrected chi connectivity index (χ3v) is 2.46. The molecule has 19 heavy (non-hydrogen) atoms. The van der Waals surface area contributed by atoms with Gasteiger partial charge in [-0.1, -0.05) is 6.07 Å². The molecule has 1 aromatic carbocycles. The van der Waals surface area contributed by atoms with Crippen molar-refractivity contribution in [1.29, 1.82) is 0 Å². The molecule has 0 saturated heterocycles. The summed E-state index contributed by atoms with van der Waals surface area (Å²) in [5, 5.41) is 8.85. The van der Waals surface area contributed by atoms with Gasteiger partial charge in [-0.25, -0.2) is 4.79 Å². The number of nitrogens with one attached hydrogen (secondary N) is 1. The lowest BCUT2D eigenvalue weighted by Crippen LogP contribution is -2.16. The van der Waals surface area contributed by atoms with Crippen molar-refractivity contribution in [2.45, 2.75) is 12.6 Å². The van der Waals surface area contributed by atoms with Crippen LogP contribution in [0.15, 0.2) is 23.0 Å². The van der Waals surface area contributed by atoms with Crippen molar-refractivity contribution in [2.24, 2.45) is 0 Å². The number of aromatic nitrogens is 2. The first-order chi connectivity index (χ1) is 8.77. The Kier molecular flexibility index (Phi) is 3.01. The van der Waals surface area contributed by atoms with Crippen LogP contribution >= 0.6 is 0 Å². The highest BCUT2D eigenvalue weighted by Gasteiger charge is 2.30. The van der Waals surface area contributed by atoms with Crippen LogP contribution in [0.2, 0.25) is 0 Å². The summed E-state index contributed by atoms with van der Waals surface area (Å²) in [5.41, 5.74) is -1.99. The number of aliphatic carboxylic acids is 1. The highest BCUT2D eigenvalue weighted by atomic mass is 19.4. The molecule has 2 N–H and O–H groups in total. The summed E-state index contributed by atoms with van der Waals surface area (Å²) in [6.07, 6.45) is -5.05. The SMILES string of the molecule is O=C(O)Cc1[nH]c(=O)nc2cc(C(F)(F)F)ccc12. The van der Waals surface area contributed by atoms with Crippen LogP contribution in [0.5, 0.6) is 0 Å². The minimum Gasteiger partial charge on any atom is -0.481 e. The lowest BCUT2D eigenvalue weighted by Gasteiger charge is -2.08. The van der Waals surface area contributed by atoms with Crippen LogP contribution in [-0.2, 0) is 17.4 Å². The summed E-state index contributed by atoms with van der Waals surface area (Å²) in [6.45, 7) is 0. The van der Waals surface area contributed by atoms with E-state index >= 15 is 0 Å². The molecule has 0 amide bonds. The number of carboxylic acids is 1. The maximum atomic E-state index is 12.5. The normalized spacial score (nSPS) is 11.7. The highest BCUT2D eigenvalue weighted by Crippen LogP contribution is 2.31. The monoisotopic (exact) mass is 272 g/mol. The standard InChI is InChI=1S/C11H7F3N2O3/c12-11(13,14)5-1-2-6-7(3-5)15-10(19)16-8(6)4-9(17)18/h1-3H,4H2,(H,17,18)(H,15,16,19). The summed E-state index contributed by atoms with van der Waals surface area (Å²) < 4.78 is 37.6. The van der Waals surface area contributed by atoms with Crippen molar-refractivity contribution in [3.8, 4) is 0 Å². The number of aromatic amines is 1. The van der Waals surface area contributed by atoms with Gasteiger partial charge in [-0.2, -0.15) is 18.2 Å². The van der Waals surface area contributed by atoms with Gasteiger partial charge in [0.1, 0.15) is 0 Å². The van der Waals surface area contributed by atoms with Gasteiger partial charge in [0.15, 0.2) is 0 Å². The number of rotatable bonds is 2.